The minimum atomic E-state index is -2.92. The van der Waals surface area contributed by atoms with Gasteiger partial charge >= 0.3 is 14.4 Å². The number of thiophene rings is 3. The SMILES string of the molecule is CCO[Si](OCC)(OCC)c1ccc(/C=C/c2sc(-c3sc(-c4c(C)c5ccc(N(CC)CC)cc5oc4=O)cc3C)cc2C)s1. The van der Waals surface area contributed by atoms with Crippen molar-refractivity contribution >= 4 is 76.1 Å². The van der Waals surface area contributed by atoms with Gasteiger partial charge in [-0.25, -0.2) is 4.79 Å². The highest BCUT2D eigenvalue weighted by Gasteiger charge is 2.44. The van der Waals surface area contributed by atoms with Crippen molar-refractivity contribution < 1.29 is 17.7 Å². The van der Waals surface area contributed by atoms with Gasteiger partial charge in [0, 0.05) is 74.4 Å². The van der Waals surface area contributed by atoms with Crippen molar-refractivity contribution in [3.63, 3.8) is 0 Å². The molecule has 0 fully saturated rings. The van der Waals surface area contributed by atoms with Crippen molar-refractivity contribution in [2.45, 2.75) is 55.4 Å². The molecule has 5 rings (SSSR count). The Labute approximate surface area is 285 Å². The second-order valence-corrected chi connectivity index (χ2v) is 17.0. The Morgan fingerprint density at radius 3 is 2.11 bits per heavy atom. The summed E-state index contributed by atoms with van der Waals surface area (Å²) in [5.41, 5.74) is 5.38. The van der Waals surface area contributed by atoms with Crippen molar-refractivity contribution in [2.24, 2.45) is 0 Å². The third-order valence-corrected chi connectivity index (χ3v) is 15.3. The molecule has 0 N–H and O–H groups in total. The first-order valence-electron chi connectivity index (χ1n) is 15.9. The van der Waals surface area contributed by atoms with E-state index in [0.29, 0.717) is 31.0 Å². The number of hydrogen-bond acceptors (Lipinski definition) is 9. The van der Waals surface area contributed by atoms with E-state index in [1.807, 2.05) is 33.8 Å². The first-order chi connectivity index (χ1) is 22.2. The molecule has 0 aliphatic heterocycles. The summed E-state index contributed by atoms with van der Waals surface area (Å²) in [6.07, 6.45) is 4.34. The summed E-state index contributed by atoms with van der Waals surface area (Å²) < 4.78 is 25.3. The van der Waals surface area contributed by atoms with Gasteiger partial charge in [0.25, 0.3) is 0 Å². The van der Waals surface area contributed by atoms with Crippen LogP contribution in [0.2, 0.25) is 0 Å². The minimum absolute atomic E-state index is 0.291. The third-order valence-electron chi connectivity index (χ3n) is 7.95. The second kappa shape index (κ2) is 14.9. The fraction of sp³-hybridized carbons (Fsp3) is 0.361. The molecule has 10 heteroatoms. The van der Waals surface area contributed by atoms with Crippen molar-refractivity contribution in [3.8, 4) is 20.2 Å². The second-order valence-electron chi connectivity index (χ2n) is 10.9. The van der Waals surface area contributed by atoms with Gasteiger partial charge in [-0.05, 0) is 121 Å². The average molecular weight is 694 g/mol. The van der Waals surface area contributed by atoms with E-state index in [1.165, 1.54) is 20.2 Å². The molecule has 0 aliphatic rings. The molecule has 0 atom stereocenters. The normalized spacial score (nSPS) is 12.2. The number of aryl methyl sites for hydroxylation is 3. The van der Waals surface area contributed by atoms with Crippen LogP contribution in [-0.2, 0) is 13.3 Å². The van der Waals surface area contributed by atoms with Crippen molar-refractivity contribution in [2.75, 3.05) is 37.8 Å². The first-order valence-corrected chi connectivity index (χ1v) is 20.1. The molecule has 0 aliphatic carbocycles. The summed E-state index contributed by atoms with van der Waals surface area (Å²) in [7, 11) is -2.92. The van der Waals surface area contributed by atoms with E-state index in [-0.39, 0.29) is 5.63 Å². The largest absolute Gasteiger partial charge is 0.547 e. The van der Waals surface area contributed by atoms with Crippen LogP contribution in [0.15, 0.2) is 51.7 Å². The maximum absolute atomic E-state index is 13.4. The number of anilines is 1. The fourth-order valence-electron chi connectivity index (χ4n) is 5.71. The Morgan fingerprint density at radius 1 is 0.783 bits per heavy atom. The van der Waals surface area contributed by atoms with Crippen molar-refractivity contribution in [1.82, 2.24) is 0 Å². The lowest BCUT2D eigenvalue weighted by molar-refractivity contribution is 0.0866. The van der Waals surface area contributed by atoms with E-state index in [4.69, 9.17) is 17.7 Å². The Balaban J connectivity index is 1.43. The van der Waals surface area contributed by atoms with Crippen LogP contribution in [0.1, 0.15) is 61.1 Å². The molecule has 5 aromatic rings. The molecule has 0 spiro atoms. The van der Waals surface area contributed by atoms with Crippen LogP contribution in [-0.4, -0.2) is 41.7 Å². The molecule has 0 unspecified atom stereocenters. The first kappa shape index (κ1) is 34.5. The van der Waals surface area contributed by atoms with Gasteiger partial charge in [0.05, 0.1) is 10.1 Å². The van der Waals surface area contributed by atoms with Crippen LogP contribution >= 0.6 is 34.0 Å². The van der Waals surface area contributed by atoms with Gasteiger partial charge in [-0.15, -0.1) is 34.0 Å². The van der Waals surface area contributed by atoms with Gasteiger partial charge in [-0.3, -0.25) is 0 Å². The molecular formula is C36H43NO5S3Si. The zero-order valence-corrected chi connectivity index (χ0v) is 31.4. The zero-order chi connectivity index (χ0) is 33.0. The summed E-state index contributed by atoms with van der Waals surface area (Å²) in [4.78, 5) is 21.3. The van der Waals surface area contributed by atoms with E-state index in [2.05, 4.69) is 81.1 Å². The lowest BCUT2D eigenvalue weighted by Gasteiger charge is -2.27. The predicted octanol–water partition coefficient (Wildman–Crippen LogP) is 9.51. The fourth-order valence-corrected chi connectivity index (χ4v) is 12.4. The van der Waals surface area contributed by atoms with Crippen LogP contribution in [0.25, 0.3) is 43.3 Å². The molecule has 0 bridgehead atoms. The van der Waals surface area contributed by atoms with Gasteiger partial charge in [0.15, 0.2) is 0 Å². The van der Waals surface area contributed by atoms with Crippen LogP contribution in [0.3, 0.4) is 0 Å². The molecule has 0 saturated heterocycles. The van der Waals surface area contributed by atoms with E-state index < -0.39 is 8.80 Å². The molecular weight excluding hydrogens is 651 g/mol. The van der Waals surface area contributed by atoms with Gasteiger partial charge in [-0.1, -0.05) is 0 Å². The number of fused-ring (bicyclic) bond motifs is 1. The molecule has 46 heavy (non-hydrogen) atoms. The molecule has 0 saturated carbocycles. The number of nitrogens with zero attached hydrogens (tertiary/aromatic N) is 1. The summed E-state index contributed by atoms with van der Waals surface area (Å²) in [5, 5.41) is 0.970. The van der Waals surface area contributed by atoms with Crippen molar-refractivity contribution in [3.05, 3.63) is 79.3 Å². The molecule has 4 aromatic heterocycles. The summed E-state index contributed by atoms with van der Waals surface area (Å²) in [5.74, 6) is 0. The van der Waals surface area contributed by atoms with E-state index in [0.717, 1.165) is 49.5 Å². The topological polar surface area (TPSA) is 61.1 Å². The molecule has 244 valence electrons. The molecule has 1 aromatic carbocycles. The standard InChI is InChI=1S/C36H43NO5S3Si/c1-9-37(10-2)26-14-17-28-25(8)34(36(38)42-29(28)22-26)31-21-24(7)35(45-31)32-20-23(6)30(44-32)18-15-27-16-19-33(43-27)46(39-11-3,40-12-4)41-13-5/h14-22H,9-13H2,1-8H3/b18-15+. The van der Waals surface area contributed by atoms with Crippen LogP contribution in [0.4, 0.5) is 5.69 Å². The number of benzene rings is 1. The van der Waals surface area contributed by atoms with E-state index >= 15 is 0 Å². The van der Waals surface area contributed by atoms with Gasteiger partial charge in [0.2, 0.25) is 0 Å². The number of rotatable bonds is 14. The summed E-state index contributed by atoms with van der Waals surface area (Å²) >= 11 is 5.09. The Morgan fingerprint density at radius 2 is 1.46 bits per heavy atom. The summed E-state index contributed by atoms with van der Waals surface area (Å²) in [6, 6.07) is 14.7. The van der Waals surface area contributed by atoms with Gasteiger partial charge in [-0.2, -0.15) is 0 Å². The Bertz CT molecular complexity index is 1880. The highest BCUT2D eigenvalue weighted by molar-refractivity contribution is 7.25. The van der Waals surface area contributed by atoms with Crippen LogP contribution in [0, 0.1) is 20.8 Å². The predicted molar refractivity (Wildman–Crippen MR) is 200 cm³/mol. The quantitative estimate of drug-likeness (QED) is 0.0853. The maximum Gasteiger partial charge on any atom is 0.547 e. The number of hydrogen-bond donors (Lipinski definition) is 0. The van der Waals surface area contributed by atoms with Crippen LogP contribution < -0.4 is 15.0 Å². The molecule has 0 radical (unpaired) electrons. The zero-order valence-electron chi connectivity index (χ0n) is 27.9. The lowest BCUT2D eigenvalue weighted by Crippen LogP contribution is -2.55. The van der Waals surface area contributed by atoms with Crippen LogP contribution in [0.5, 0.6) is 0 Å². The Hall–Kier alpha value is -2.83. The lowest BCUT2D eigenvalue weighted by atomic mass is 10.0. The Kier molecular flexibility index (Phi) is 11.2. The minimum Gasteiger partial charge on any atom is -0.422 e. The van der Waals surface area contributed by atoms with E-state index in [1.54, 1.807) is 34.0 Å². The summed E-state index contributed by atoms with van der Waals surface area (Å²) in [6.45, 7) is 19.9. The van der Waals surface area contributed by atoms with Gasteiger partial charge < -0.3 is 22.6 Å². The van der Waals surface area contributed by atoms with E-state index in [9.17, 15) is 4.79 Å². The third kappa shape index (κ3) is 6.89. The van der Waals surface area contributed by atoms with Gasteiger partial charge in [0.1, 0.15) is 5.58 Å². The smallest absolute Gasteiger partial charge is 0.422 e. The molecule has 4 heterocycles. The average Bonchev–Trinajstić information content (AvgIpc) is 3.75. The maximum atomic E-state index is 13.4. The monoisotopic (exact) mass is 693 g/mol. The van der Waals surface area contributed by atoms with Crippen molar-refractivity contribution in [1.29, 1.82) is 0 Å². The molecule has 6 nitrogen and oxygen atoms in total. The molecule has 0 amide bonds. The highest BCUT2D eigenvalue weighted by Crippen LogP contribution is 2.43. The highest BCUT2D eigenvalue weighted by atomic mass is 32.1.